The van der Waals surface area contributed by atoms with Crippen LogP contribution in [-0.4, -0.2) is 16.2 Å². The van der Waals surface area contributed by atoms with Gasteiger partial charge in [-0.05, 0) is 55.0 Å². The van der Waals surface area contributed by atoms with E-state index in [4.69, 9.17) is 4.74 Å². The van der Waals surface area contributed by atoms with E-state index in [2.05, 4.69) is 10.3 Å². The summed E-state index contributed by atoms with van der Waals surface area (Å²) < 4.78 is 48.0. The Labute approximate surface area is 171 Å². The smallest absolute Gasteiger partial charge is 0.310 e. The summed E-state index contributed by atoms with van der Waals surface area (Å²) in [6.45, 7) is 2.42. The molecular weight excluding hydrogens is 395 g/mol. The number of aryl methyl sites for hydroxylation is 1. The summed E-state index contributed by atoms with van der Waals surface area (Å²) in [4.78, 5) is 15.6. The largest absolute Gasteiger partial charge is 0.493 e. The molecule has 1 aromatic heterocycles. The van der Waals surface area contributed by atoms with Crippen molar-refractivity contribution in [2.75, 3.05) is 11.9 Å². The second-order valence-corrected chi connectivity index (χ2v) is 7.48. The van der Waals surface area contributed by atoms with Gasteiger partial charge in [-0.15, -0.1) is 0 Å². The van der Waals surface area contributed by atoms with Crippen LogP contribution in [0.15, 0.2) is 47.4 Å². The van der Waals surface area contributed by atoms with Gasteiger partial charge < -0.3 is 14.6 Å². The van der Waals surface area contributed by atoms with Crippen LogP contribution < -0.4 is 15.6 Å². The maximum absolute atomic E-state index is 13.9. The average Bonchev–Trinajstić information content (AvgIpc) is 3.50. The Balaban J connectivity index is 1.64. The summed E-state index contributed by atoms with van der Waals surface area (Å²) in [5, 5.41) is 3.02. The highest BCUT2D eigenvalue weighted by Gasteiger charge is 2.22. The van der Waals surface area contributed by atoms with E-state index in [1.54, 1.807) is 6.07 Å². The molecule has 1 saturated carbocycles. The Kier molecular flexibility index (Phi) is 5.48. The van der Waals surface area contributed by atoms with Crippen LogP contribution in [0.2, 0.25) is 0 Å². The molecule has 0 unspecified atom stereocenters. The number of nitrogens with zero attached hydrogens (tertiary/aromatic N) is 2. The molecule has 0 spiro atoms. The number of aromatic nitrogens is 2. The topological polar surface area (TPSA) is 56.1 Å². The minimum atomic E-state index is -1.06. The standard InChI is InChI=1S/C22H20F3N3O2/c1-13-2-5-18(30-12-14-3-4-14)9-20(13)26-22-27-21(29)19(25)11-28(22)10-15-6-16(23)8-17(24)7-15/h2,5-9,11,14H,3-4,10,12H2,1H3,(H,26,27,29). The minimum absolute atomic E-state index is 0.0495. The number of rotatable bonds is 7. The molecule has 8 heteroatoms. The van der Waals surface area contributed by atoms with Crippen LogP contribution in [0.25, 0.3) is 0 Å². The third kappa shape index (κ3) is 4.82. The van der Waals surface area contributed by atoms with Crippen LogP contribution in [0, 0.1) is 30.3 Å². The summed E-state index contributed by atoms with van der Waals surface area (Å²) in [6, 6.07) is 8.52. The van der Waals surface area contributed by atoms with Gasteiger partial charge in [0.05, 0.1) is 13.2 Å². The molecule has 0 bridgehead atoms. The molecule has 156 valence electrons. The molecular formula is C22H20F3N3O2. The summed E-state index contributed by atoms with van der Waals surface area (Å²) in [7, 11) is 0. The lowest BCUT2D eigenvalue weighted by atomic mass is 10.2. The van der Waals surface area contributed by atoms with Gasteiger partial charge in [0.2, 0.25) is 11.8 Å². The zero-order valence-corrected chi connectivity index (χ0v) is 16.3. The average molecular weight is 415 g/mol. The van der Waals surface area contributed by atoms with Crippen LogP contribution in [0.5, 0.6) is 5.75 Å². The van der Waals surface area contributed by atoms with Crippen molar-refractivity contribution in [3.8, 4) is 5.75 Å². The Morgan fingerprint density at radius 3 is 2.57 bits per heavy atom. The second-order valence-electron chi connectivity index (χ2n) is 7.48. The van der Waals surface area contributed by atoms with Crippen molar-refractivity contribution >= 4 is 11.6 Å². The van der Waals surface area contributed by atoms with Gasteiger partial charge >= 0.3 is 5.56 Å². The molecule has 3 aromatic rings. The van der Waals surface area contributed by atoms with Gasteiger partial charge in [0, 0.05) is 24.0 Å². The third-order valence-electron chi connectivity index (χ3n) is 4.87. The van der Waals surface area contributed by atoms with E-state index < -0.39 is 23.0 Å². The van der Waals surface area contributed by atoms with E-state index in [9.17, 15) is 18.0 Å². The van der Waals surface area contributed by atoms with Gasteiger partial charge in [0.1, 0.15) is 17.4 Å². The summed E-state index contributed by atoms with van der Waals surface area (Å²) in [6.07, 6.45) is 3.30. The fourth-order valence-electron chi connectivity index (χ4n) is 3.03. The SMILES string of the molecule is Cc1ccc(OCC2CC2)cc1Nc1nc(=O)c(F)cn1Cc1cc(F)cc(F)c1. The number of nitrogens with one attached hydrogen (secondary N) is 1. The van der Waals surface area contributed by atoms with Crippen LogP contribution in [0.4, 0.5) is 24.8 Å². The predicted octanol–water partition coefficient (Wildman–Crippen LogP) is 4.55. The van der Waals surface area contributed by atoms with Crippen LogP contribution in [0.1, 0.15) is 24.0 Å². The molecule has 4 rings (SSSR count). The van der Waals surface area contributed by atoms with Crippen molar-refractivity contribution in [3.05, 3.63) is 81.5 Å². The van der Waals surface area contributed by atoms with Crippen molar-refractivity contribution in [2.24, 2.45) is 5.92 Å². The fourth-order valence-corrected chi connectivity index (χ4v) is 3.03. The third-order valence-corrected chi connectivity index (χ3v) is 4.87. The number of hydrogen-bond acceptors (Lipinski definition) is 4. The van der Waals surface area contributed by atoms with Gasteiger partial charge in [-0.1, -0.05) is 6.07 Å². The lowest BCUT2D eigenvalue weighted by molar-refractivity contribution is 0.300. The molecule has 5 nitrogen and oxygen atoms in total. The van der Waals surface area contributed by atoms with E-state index in [-0.39, 0.29) is 18.1 Å². The number of hydrogen-bond donors (Lipinski definition) is 1. The first kappa shape index (κ1) is 20.0. The van der Waals surface area contributed by atoms with Gasteiger partial charge in [-0.25, -0.2) is 8.78 Å². The molecule has 1 aliphatic carbocycles. The fraction of sp³-hybridized carbons (Fsp3) is 0.273. The highest BCUT2D eigenvalue weighted by Crippen LogP contribution is 2.31. The summed E-state index contributed by atoms with van der Waals surface area (Å²) in [5.74, 6) is -1.24. The van der Waals surface area contributed by atoms with Crippen molar-refractivity contribution in [2.45, 2.75) is 26.3 Å². The lowest BCUT2D eigenvalue weighted by Crippen LogP contribution is -2.20. The molecule has 0 amide bonds. The molecule has 2 aromatic carbocycles. The highest BCUT2D eigenvalue weighted by atomic mass is 19.1. The first-order chi connectivity index (χ1) is 14.4. The molecule has 30 heavy (non-hydrogen) atoms. The molecule has 0 atom stereocenters. The predicted molar refractivity (Wildman–Crippen MR) is 107 cm³/mol. The van der Waals surface area contributed by atoms with E-state index >= 15 is 0 Å². The first-order valence-electron chi connectivity index (χ1n) is 9.60. The van der Waals surface area contributed by atoms with Gasteiger partial charge in [-0.2, -0.15) is 9.37 Å². The molecule has 1 heterocycles. The zero-order valence-electron chi connectivity index (χ0n) is 16.3. The number of halogens is 3. The normalized spacial score (nSPS) is 13.3. The van der Waals surface area contributed by atoms with Crippen molar-refractivity contribution < 1.29 is 17.9 Å². The molecule has 0 saturated heterocycles. The second kappa shape index (κ2) is 8.22. The molecule has 0 aliphatic heterocycles. The van der Waals surface area contributed by atoms with Crippen LogP contribution in [-0.2, 0) is 6.54 Å². The monoisotopic (exact) mass is 415 g/mol. The lowest BCUT2D eigenvalue weighted by Gasteiger charge is -2.16. The van der Waals surface area contributed by atoms with Crippen LogP contribution >= 0.6 is 0 Å². The Morgan fingerprint density at radius 1 is 1.13 bits per heavy atom. The van der Waals surface area contributed by atoms with Crippen LogP contribution in [0.3, 0.4) is 0 Å². The number of benzene rings is 2. The molecule has 0 radical (unpaired) electrons. The van der Waals surface area contributed by atoms with E-state index in [1.165, 1.54) is 17.4 Å². The number of ether oxygens (including phenoxy) is 1. The van der Waals surface area contributed by atoms with Crippen molar-refractivity contribution in [1.82, 2.24) is 9.55 Å². The Morgan fingerprint density at radius 2 is 1.87 bits per heavy atom. The van der Waals surface area contributed by atoms with Gasteiger partial charge in [0.25, 0.3) is 0 Å². The van der Waals surface area contributed by atoms with E-state index in [0.29, 0.717) is 24.0 Å². The Bertz CT molecular complexity index is 1120. The highest BCUT2D eigenvalue weighted by molar-refractivity contribution is 5.61. The number of anilines is 2. The summed E-state index contributed by atoms with van der Waals surface area (Å²) >= 11 is 0. The zero-order chi connectivity index (χ0) is 21.3. The summed E-state index contributed by atoms with van der Waals surface area (Å²) in [5.41, 5.74) is 0.716. The Hall–Kier alpha value is -3.29. The first-order valence-corrected chi connectivity index (χ1v) is 9.60. The molecule has 1 aliphatic rings. The van der Waals surface area contributed by atoms with Gasteiger partial charge in [0.15, 0.2) is 0 Å². The maximum Gasteiger partial charge on any atom is 0.310 e. The van der Waals surface area contributed by atoms with Gasteiger partial charge in [-0.3, -0.25) is 4.79 Å². The molecule has 1 fully saturated rings. The van der Waals surface area contributed by atoms with E-state index in [1.807, 2.05) is 19.1 Å². The molecule has 1 N–H and O–H groups in total. The van der Waals surface area contributed by atoms with Crippen molar-refractivity contribution in [3.63, 3.8) is 0 Å². The van der Waals surface area contributed by atoms with E-state index in [0.717, 1.165) is 30.0 Å². The quantitative estimate of drug-likeness (QED) is 0.615. The van der Waals surface area contributed by atoms with Crippen molar-refractivity contribution in [1.29, 1.82) is 0 Å². The maximum atomic E-state index is 13.9. The minimum Gasteiger partial charge on any atom is -0.493 e.